The third-order valence-electron chi connectivity index (χ3n) is 3.16. The Balaban J connectivity index is 2.49. The van der Waals surface area contributed by atoms with Crippen LogP contribution in [0.5, 0.6) is 5.75 Å². The number of hydrogen-bond donors (Lipinski definition) is 1. The molecule has 0 spiro atoms. The van der Waals surface area contributed by atoms with E-state index in [4.69, 9.17) is 0 Å². The van der Waals surface area contributed by atoms with E-state index < -0.39 is 0 Å². The van der Waals surface area contributed by atoms with Crippen molar-refractivity contribution in [3.63, 3.8) is 0 Å². The quantitative estimate of drug-likeness (QED) is 0.361. The molecule has 0 bridgehead atoms. The number of phenols is 1. The lowest BCUT2D eigenvalue weighted by Crippen LogP contribution is -2.43. The molecule has 2 aromatic rings. The van der Waals surface area contributed by atoms with E-state index in [-0.39, 0.29) is 10.3 Å². The normalized spacial score (nSPS) is 11.5. The maximum atomic E-state index is 10.2. The van der Waals surface area contributed by atoms with Crippen molar-refractivity contribution in [2.75, 3.05) is 13.1 Å². The number of quaternary nitrogens is 1. The van der Waals surface area contributed by atoms with E-state index in [1.54, 1.807) is 36.5 Å². The van der Waals surface area contributed by atoms with Crippen LogP contribution in [0.4, 0.5) is 11.5 Å². The minimum atomic E-state index is 0.0518. The highest BCUT2D eigenvalue weighted by molar-refractivity contribution is 5.54. The molecule has 0 atom stereocenters. The van der Waals surface area contributed by atoms with Gasteiger partial charge in [-0.05, 0) is 30.4 Å². The van der Waals surface area contributed by atoms with Gasteiger partial charge in [0.1, 0.15) is 13.1 Å². The van der Waals surface area contributed by atoms with E-state index >= 15 is 0 Å². The van der Waals surface area contributed by atoms with Crippen molar-refractivity contribution in [2.45, 2.75) is 0 Å². The zero-order valence-corrected chi connectivity index (χ0v) is 12.3. The van der Waals surface area contributed by atoms with Crippen LogP contribution >= 0.6 is 0 Å². The molecule has 0 aliphatic rings. The van der Waals surface area contributed by atoms with Crippen LogP contribution in [0.1, 0.15) is 0 Å². The van der Waals surface area contributed by atoms with Gasteiger partial charge in [-0.25, -0.2) is 4.98 Å². The number of pyridine rings is 1. The fourth-order valence-electron chi connectivity index (χ4n) is 2.18. The van der Waals surface area contributed by atoms with Gasteiger partial charge in [-0.2, -0.15) is 0 Å². The first-order valence-electron chi connectivity index (χ1n) is 6.93. The molecule has 0 fully saturated rings. The molecule has 1 aromatic carbocycles. The zero-order chi connectivity index (χ0) is 15.8. The van der Waals surface area contributed by atoms with E-state index in [9.17, 15) is 5.11 Å². The first kappa shape index (κ1) is 15.6. The summed E-state index contributed by atoms with van der Waals surface area (Å²) in [6, 6.07) is 12.5. The molecule has 5 nitrogen and oxygen atoms in total. The maximum Gasteiger partial charge on any atom is 0.203 e. The van der Waals surface area contributed by atoms with Crippen molar-refractivity contribution in [1.29, 1.82) is 0 Å². The van der Waals surface area contributed by atoms with Crippen LogP contribution < -0.4 is 4.59 Å². The van der Waals surface area contributed by atoms with Crippen LogP contribution in [-0.4, -0.2) is 23.2 Å². The molecular weight excluding hydrogens is 276 g/mol. The second-order valence-corrected chi connectivity index (χ2v) is 4.73. The van der Waals surface area contributed by atoms with Gasteiger partial charge in [-0.3, -0.25) is 0 Å². The number of rotatable bonds is 7. The number of phenolic OH excluding ortho intramolecular Hbond substituents is 1. The van der Waals surface area contributed by atoms with Crippen molar-refractivity contribution in [3.05, 3.63) is 74.0 Å². The molecule has 0 radical (unpaired) electrons. The minimum Gasteiger partial charge on any atom is -0.503 e. The van der Waals surface area contributed by atoms with Gasteiger partial charge in [-0.15, -0.1) is 4.59 Å². The number of aromatic nitrogens is 1. The van der Waals surface area contributed by atoms with E-state index in [0.717, 1.165) is 0 Å². The predicted molar refractivity (Wildman–Crippen MR) is 88.8 cm³/mol. The standard InChI is InChI=1S/C17H18N4O/c1-3-13-21(14-4-2,15-9-5-6-10-16(15)22)20-19-17-11-7-8-12-18-17/h3-12H,1-2,13-14H2/p+1. The number of hydrogen-bond acceptors (Lipinski definition) is 4. The van der Waals surface area contributed by atoms with Gasteiger partial charge >= 0.3 is 0 Å². The second-order valence-electron chi connectivity index (χ2n) is 4.73. The summed E-state index contributed by atoms with van der Waals surface area (Å²) >= 11 is 0. The molecule has 5 heteroatoms. The molecule has 1 N–H and O–H groups in total. The number of nitrogens with zero attached hydrogens (tertiary/aromatic N) is 4. The summed E-state index contributed by atoms with van der Waals surface area (Å²) in [5.74, 6) is 0.666. The monoisotopic (exact) mass is 295 g/mol. The number of para-hydroxylation sites is 2. The Hall–Kier alpha value is -2.79. The van der Waals surface area contributed by atoms with Gasteiger partial charge in [-0.1, -0.05) is 36.5 Å². The highest BCUT2D eigenvalue weighted by Gasteiger charge is 2.32. The van der Waals surface area contributed by atoms with Crippen molar-refractivity contribution in [2.24, 2.45) is 10.3 Å². The molecule has 0 aliphatic carbocycles. The van der Waals surface area contributed by atoms with Gasteiger partial charge < -0.3 is 5.11 Å². The Morgan fingerprint density at radius 2 is 1.73 bits per heavy atom. The lowest BCUT2D eigenvalue weighted by atomic mass is 10.2. The third kappa shape index (κ3) is 3.45. The average Bonchev–Trinajstić information content (AvgIpc) is 2.54. The molecule has 0 saturated carbocycles. The molecule has 22 heavy (non-hydrogen) atoms. The summed E-state index contributed by atoms with van der Waals surface area (Å²) in [4.78, 5) is 4.13. The Labute approximate surface area is 130 Å². The molecule has 0 amide bonds. The molecule has 112 valence electrons. The van der Waals surface area contributed by atoms with E-state index in [1.165, 1.54) is 0 Å². The van der Waals surface area contributed by atoms with Gasteiger partial charge in [0.25, 0.3) is 0 Å². The van der Waals surface area contributed by atoms with E-state index in [2.05, 4.69) is 28.5 Å². The predicted octanol–water partition coefficient (Wildman–Crippen LogP) is 4.17. The summed E-state index contributed by atoms with van der Waals surface area (Å²) in [7, 11) is 0. The summed E-state index contributed by atoms with van der Waals surface area (Å²) in [5.41, 5.74) is 0.641. The summed E-state index contributed by atoms with van der Waals surface area (Å²) in [6.45, 7) is 8.52. The third-order valence-corrected chi connectivity index (χ3v) is 3.16. The van der Waals surface area contributed by atoms with E-state index in [1.807, 2.05) is 24.3 Å². The Morgan fingerprint density at radius 3 is 2.32 bits per heavy atom. The second kappa shape index (κ2) is 7.28. The largest absolute Gasteiger partial charge is 0.503 e. The zero-order valence-electron chi connectivity index (χ0n) is 12.3. The fraction of sp³-hybridized carbons (Fsp3) is 0.118. The molecular formula is C17H19N4O+. The highest BCUT2D eigenvalue weighted by atomic mass is 16.3. The lowest BCUT2D eigenvalue weighted by Gasteiger charge is -2.28. The van der Waals surface area contributed by atoms with Gasteiger partial charge in [0.2, 0.25) is 5.69 Å². The van der Waals surface area contributed by atoms with E-state index in [0.29, 0.717) is 24.6 Å². The Morgan fingerprint density at radius 1 is 1.05 bits per heavy atom. The Kier molecular flexibility index (Phi) is 5.16. The Bertz CT molecular complexity index is 657. The van der Waals surface area contributed by atoms with Crippen molar-refractivity contribution >= 4 is 11.5 Å². The number of benzene rings is 1. The van der Waals surface area contributed by atoms with Crippen LogP contribution in [0.25, 0.3) is 0 Å². The lowest BCUT2D eigenvalue weighted by molar-refractivity contribution is 0.313. The van der Waals surface area contributed by atoms with Crippen molar-refractivity contribution < 1.29 is 5.11 Å². The molecule has 1 heterocycles. The van der Waals surface area contributed by atoms with Crippen LogP contribution in [0.3, 0.4) is 0 Å². The first-order valence-corrected chi connectivity index (χ1v) is 6.93. The highest BCUT2D eigenvalue weighted by Crippen LogP contribution is 2.34. The molecule has 0 aliphatic heterocycles. The van der Waals surface area contributed by atoms with Crippen LogP contribution in [-0.2, 0) is 0 Å². The molecule has 0 unspecified atom stereocenters. The smallest absolute Gasteiger partial charge is 0.203 e. The van der Waals surface area contributed by atoms with Crippen LogP contribution in [0, 0.1) is 0 Å². The van der Waals surface area contributed by atoms with Gasteiger partial charge in [0.15, 0.2) is 11.6 Å². The van der Waals surface area contributed by atoms with Crippen molar-refractivity contribution in [3.8, 4) is 5.75 Å². The van der Waals surface area contributed by atoms with Crippen LogP contribution in [0.2, 0.25) is 0 Å². The topological polar surface area (TPSA) is 57.8 Å². The van der Waals surface area contributed by atoms with Gasteiger partial charge in [0, 0.05) is 17.5 Å². The number of aromatic hydroxyl groups is 1. The summed E-state index contributed by atoms with van der Waals surface area (Å²) in [6.07, 6.45) is 5.14. The first-order chi connectivity index (χ1) is 10.7. The fourth-order valence-corrected chi connectivity index (χ4v) is 2.18. The molecule has 1 aromatic heterocycles. The summed E-state index contributed by atoms with van der Waals surface area (Å²) in [5, 5.41) is 18.8. The van der Waals surface area contributed by atoms with Crippen LogP contribution in [0.15, 0.2) is 84.3 Å². The minimum absolute atomic E-state index is 0.0518. The summed E-state index contributed by atoms with van der Waals surface area (Å²) < 4.78 is 0.0518. The molecule has 2 rings (SSSR count). The molecule has 0 saturated heterocycles. The van der Waals surface area contributed by atoms with Crippen molar-refractivity contribution in [1.82, 2.24) is 9.58 Å². The van der Waals surface area contributed by atoms with Gasteiger partial charge in [0.05, 0.1) is 0 Å². The SMILES string of the molecule is C=CC[N+](CC=C)(N=Nc1ccccn1)c1ccccc1O. The average molecular weight is 295 g/mol. The maximum absolute atomic E-state index is 10.2.